The maximum absolute atomic E-state index is 13.4. The summed E-state index contributed by atoms with van der Waals surface area (Å²) in [6, 6.07) is 16.8. The smallest absolute Gasteiger partial charge is 0.278 e. The second-order valence-corrected chi connectivity index (χ2v) is 8.80. The van der Waals surface area contributed by atoms with E-state index in [-0.39, 0.29) is 12.3 Å². The number of morpholine rings is 1. The fraction of sp³-hybridized carbons (Fsp3) is 0.192. The highest BCUT2D eigenvalue weighted by molar-refractivity contribution is 5.97. The van der Waals surface area contributed by atoms with Crippen molar-refractivity contribution in [1.29, 1.82) is 0 Å². The molecular formula is C26H20N4O5. The Hall–Kier alpha value is -4.37. The van der Waals surface area contributed by atoms with Crippen molar-refractivity contribution in [2.45, 2.75) is 12.2 Å². The Morgan fingerprint density at radius 2 is 1.69 bits per heavy atom. The van der Waals surface area contributed by atoms with E-state index in [4.69, 9.17) is 9.26 Å². The molecule has 7 rings (SSSR count). The van der Waals surface area contributed by atoms with E-state index in [9.17, 15) is 14.7 Å². The molecule has 2 aromatic heterocycles. The van der Waals surface area contributed by atoms with E-state index < -0.39 is 29.3 Å². The molecule has 35 heavy (non-hydrogen) atoms. The maximum Gasteiger partial charge on any atom is 0.278 e. The van der Waals surface area contributed by atoms with Crippen molar-refractivity contribution in [3.05, 3.63) is 94.0 Å². The fourth-order valence-electron chi connectivity index (χ4n) is 5.53. The summed E-state index contributed by atoms with van der Waals surface area (Å²) in [5, 5.41) is 16.8. The van der Waals surface area contributed by atoms with Gasteiger partial charge in [-0.05, 0) is 16.7 Å². The summed E-state index contributed by atoms with van der Waals surface area (Å²) in [6.07, 6.45) is 2.81. The van der Waals surface area contributed by atoms with Gasteiger partial charge in [-0.15, -0.1) is 0 Å². The Balaban J connectivity index is 1.57. The van der Waals surface area contributed by atoms with Crippen molar-refractivity contribution in [2.24, 2.45) is 0 Å². The van der Waals surface area contributed by atoms with Crippen molar-refractivity contribution >= 4 is 5.91 Å². The van der Waals surface area contributed by atoms with Crippen molar-refractivity contribution in [1.82, 2.24) is 14.7 Å². The van der Waals surface area contributed by atoms with Crippen LogP contribution in [-0.2, 0) is 4.74 Å². The van der Waals surface area contributed by atoms with Gasteiger partial charge in [0, 0.05) is 29.9 Å². The highest BCUT2D eigenvalue weighted by Gasteiger charge is 2.46. The molecule has 2 aliphatic heterocycles. The zero-order valence-corrected chi connectivity index (χ0v) is 18.5. The molecule has 4 aromatic rings. The molecule has 1 aliphatic carbocycles. The Labute approximate surface area is 199 Å². The van der Waals surface area contributed by atoms with Gasteiger partial charge in [-0.2, -0.15) is 0 Å². The lowest BCUT2D eigenvalue weighted by atomic mass is 9.92. The average Bonchev–Trinajstić information content (AvgIpc) is 3.34. The first kappa shape index (κ1) is 20.0. The molecule has 9 nitrogen and oxygen atoms in total. The van der Waals surface area contributed by atoms with Gasteiger partial charge in [0.1, 0.15) is 6.17 Å². The topological polar surface area (TPSA) is 101 Å². The number of pyridine rings is 1. The summed E-state index contributed by atoms with van der Waals surface area (Å²) in [4.78, 5) is 27.5. The van der Waals surface area contributed by atoms with E-state index >= 15 is 0 Å². The third-order valence-electron chi connectivity index (χ3n) is 7.06. The fourth-order valence-corrected chi connectivity index (χ4v) is 5.53. The third kappa shape index (κ3) is 2.69. The van der Waals surface area contributed by atoms with Gasteiger partial charge in [0.25, 0.3) is 5.91 Å². The standard InChI is InChI=1S/C26H20N4O5/c31-20-9-10-29-23(24(20)32)26(33)28-11-12-34-14-21(28)30(29)22-16-6-2-1-5-15(16)19-13-27-35-25(19)18-8-4-3-7-17(18)22/h1-10,13,21-22,32H,11-12,14H2/t21-,22+/m1/s1. The molecule has 0 radical (unpaired) electrons. The normalized spacial score (nSPS) is 20.3. The molecule has 2 aromatic carbocycles. The average molecular weight is 468 g/mol. The molecule has 0 unspecified atom stereocenters. The maximum atomic E-state index is 13.4. The van der Waals surface area contributed by atoms with Gasteiger partial charge < -0.3 is 19.3 Å². The molecular weight excluding hydrogens is 448 g/mol. The molecule has 4 heterocycles. The second kappa shape index (κ2) is 7.31. The van der Waals surface area contributed by atoms with Crippen LogP contribution in [-0.4, -0.2) is 51.7 Å². The quantitative estimate of drug-likeness (QED) is 0.458. The number of carbonyl (C=O) groups excluding carboxylic acids is 1. The molecule has 9 heteroatoms. The summed E-state index contributed by atoms with van der Waals surface area (Å²) in [7, 11) is 0. The van der Waals surface area contributed by atoms with Crippen LogP contribution in [0.25, 0.3) is 22.5 Å². The first-order valence-electron chi connectivity index (χ1n) is 11.4. The minimum absolute atomic E-state index is 0.0480. The van der Waals surface area contributed by atoms with Crippen LogP contribution < -0.4 is 10.4 Å². The van der Waals surface area contributed by atoms with Gasteiger partial charge in [0.2, 0.25) is 5.43 Å². The Morgan fingerprint density at radius 3 is 2.51 bits per heavy atom. The van der Waals surface area contributed by atoms with E-state index in [2.05, 4.69) is 5.16 Å². The van der Waals surface area contributed by atoms with E-state index in [0.717, 1.165) is 27.8 Å². The van der Waals surface area contributed by atoms with Gasteiger partial charge in [-0.25, -0.2) is 0 Å². The summed E-state index contributed by atoms with van der Waals surface area (Å²) in [5.74, 6) is -0.280. The van der Waals surface area contributed by atoms with Crippen LogP contribution in [0.4, 0.5) is 0 Å². The van der Waals surface area contributed by atoms with Gasteiger partial charge in [-0.1, -0.05) is 53.7 Å². The number of benzene rings is 2. The van der Waals surface area contributed by atoms with Gasteiger partial charge in [-0.3, -0.25) is 19.3 Å². The van der Waals surface area contributed by atoms with Crippen LogP contribution in [0.2, 0.25) is 0 Å². The van der Waals surface area contributed by atoms with Crippen LogP contribution >= 0.6 is 0 Å². The van der Waals surface area contributed by atoms with Crippen molar-refractivity contribution < 1.29 is 19.2 Å². The van der Waals surface area contributed by atoms with Crippen LogP contribution in [0.15, 0.2) is 76.3 Å². The van der Waals surface area contributed by atoms with Gasteiger partial charge >= 0.3 is 0 Å². The van der Waals surface area contributed by atoms with Gasteiger partial charge in [0.15, 0.2) is 17.2 Å². The Morgan fingerprint density at radius 1 is 0.943 bits per heavy atom. The predicted octanol–water partition coefficient (Wildman–Crippen LogP) is 2.73. The second-order valence-electron chi connectivity index (χ2n) is 8.80. The minimum Gasteiger partial charge on any atom is -0.502 e. The molecule has 1 N–H and O–H groups in total. The molecule has 2 atom stereocenters. The number of aromatic nitrogens is 2. The highest BCUT2D eigenvalue weighted by atomic mass is 16.5. The van der Waals surface area contributed by atoms with E-state index in [1.54, 1.807) is 22.0 Å². The third-order valence-corrected chi connectivity index (χ3v) is 7.06. The summed E-state index contributed by atoms with van der Waals surface area (Å²) < 4.78 is 13.2. The number of aromatic hydroxyl groups is 1. The lowest BCUT2D eigenvalue weighted by Gasteiger charge is -2.51. The number of hydrogen-bond acceptors (Lipinski definition) is 7. The number of nitrogens with zero attached hydrogens (tertiary/aromatic N) is 4. The van der Waals surface area contributed by atoms with Crippen LogP contribution in [0.5, 0.6) is 5.75 Å². The zero-order chi connectivity index (χ0) is 23.7. The summed E-state index contributed by atoms with van der Waals surface area (Å²) in [6.45, 7) is 1.01. The van der Waals surface area contributed by atoms with Crippen molar-refractivity contribution in [2.75, 3.05) is 24.8 Å². The van der Waals surface area contributed by atoms with Crippen molar-refractivity contribution in [3.63, 3.8) is 0 Å². The van der Waals surface area contributed by atoms with Crippen LogP contribution in [0.3, 0.4) is 0 Å². The lowest BCUT2D eigenvalue weighted by molar-refractivity contribution is -0.0196. The monoisotopic (exact) mass is 468 g/mol. The number of rotatable bonds is 1. The Kier molecular flexibility index (Phi) is 4.19. The highest BCUT2D eigenvalue weighted by Crippen LogP contribution is 2.47. The van der Waals surface area contributed by atoms with Gasteiger partial charge in [0.05, 0.1) is 25.5 Å². The summed E-state index contributed by atoms with van der Waals surface area (Å²) in [5.41, 5.74) is 4.00. The Bertz CT molecular complexity index is 1500. The van der Waals surface area contributed by atoms with E-state index in [1.165, 1.54) is 6.07 Å². The number of ether oxygens (including phenoxy) is 1. The number of fused-ring (bicyclic) bond motifs is 7. The molecule has 0 bridgehead atoms. The first-order chi connectivity index (χ1) is 17.1. The molecule has 174 valence electrons. The number of amides is 1. The van der Waals surface area contributed by atoms with E-state index in [1.807, 2.05) is 53.5 Å². The van der Waals surface area contributed by atoms with Crippen LogP contribution in [0.1, 0.15) is 27.7 Å². The molecule has 0 saturated carbocycles. The molecule has 0 spiro atoms. The molecule has 3 aliphatic rings. The molecule has 1 amide bonds. The first-order valence-corrected chi connectivity index (χ1v) is 11.4. The molecule has 1 fully saturated rings. The van der Waals surface area contributed by atoms with Crippen LogP contribution in [0, 0.1) is 0 Å². The lowest BCUT2D eigenvalue weighted by Crippen LogP contribution is -2.66. The SMILES string of the molecule is O=C1c2c(O)c(=O)ccn2N([C@H]2c3ccccc3-c3cnoc3-c3ccccc32)[C@@H]2COCCN12. The number of carbonyl (C=O) groups is 1. The zero-order valence-electron chi connectivity index (χ0n) is 18.5. The minimum atomic E-state index is -0.594. The van der Waals surface area contributed by atoms with E-state index in [0.29, 0.717) is 18.9 Å². The number of hydrogen-bond donors (Lipinski definition) is 1. The predicted molar refractivity (Wildman–Crippen MR) is 125 cm³/mol. The molecule has 1 saturated heterocycles. The largest absolute Gasteiger partial charge is 0.502 e. The summed E-state index contributed by atoms with van der Waals surface area (Å²) >= 11 is 0. The van der Waals surface area contributed by atoms with Crippen molar-refractivity contribution in [3.8, 4) is 28.2 Å².